The standard InChI is InChI=1S/C20H31N5O/c1-15(2)19-21-10-11-24(19)16(3)20(26)25(18-8-6-5-7-9-18)14-17-12-22-23(4)13-17/h10-13,15-16,18H,5-9,14H2,1-4H3/t16-/m0/s1. The monoisotopic (exact) mass is 357 g/mol. The van der Waals surface area contributed by atoms with E-state index in [9.17, 15) is 4.79 Å². The second kappa shape index (κ2) is 8.06. The Balaban J connectivity index is 1.84. The summed E-state index contributed by atoms with van der Waals surface area (Å²) in [5, 5.41) is 4.27. The van der Waals surface area contributed by atoms with Gasteiger partial charge < -0.3 is 9.47 Å². The van der Waals surface area contributed by atoms with Crippen molar-refractivity contribution >= 4 is 5.91 Å². The van der Waals surface area contributed by atoms with Gasteiger partial charge in [-0.2, -0.15) is 5.10 Å². The van der Waals surface area contributed by atoms with Crippen LogP contribution >= 0.6 is 0 Å². The molecule has 1 saturated carbocycles. The van der Waals surface area contributed by atoms with Gasteiger partial charge in [0.15, 0.2) is 0 Å². The molecule has 0 spiro atoms. The van der Waals surface area contributed by atoms with Crippen LogP contribution in [0.15, 0.2) is 24.8 Å². The summed E-state index contributed by atoms with van der Waals surface area (Å²) >= 11 is 0. The third-order valence-electron chi connectivity index (χ3n) is 5.40. The topological polar surface area (TPSA) is 56.0 Å². The molecule has 1 fully saturated rings. The van der Waals surface area contributed by atoms with Crippen LogP contribution in [-0.2, 0) is 18.4 Å². The molecule has 2 aromatic rings. The largest absolute Gasteiger partial charge is 0.333 e. The molecular formula is C20H31N5O. The molecule has 26 heavy (non-hydrogen) atoms. The Bertz CT molecular complexity index is 726. The highest BCUT2D eigenvalue weighted by atomic mass is 16.2. The van der Waals surface area contributed by atoms with Gasteiger partial charge in [0.1, 0.15) is 11.9 Å². The quantitative estimate of drug-likeness (QED) is 0.793. The van der Waals surface area contributed by atoms with Crippen LogP contribution < -0.4 is 0 Å². The van der Waals surface area contributed by atoms with Gasteiger partial charge in [-0.05, 0) is 19.8 Å². The Hall–Kier alpha value is -2.11. The minimum Gasteiger partial charge on any atom is -0.333 e. The molecule has 0 bridgehead atoms. The Labute approximate surface area is 156 Å². The summed E-state index contributed by atoms with van der Waals surface area (Å²) in [6.07, 6.45) is 13.5. The minimum absolute atomic E-state index is 0.181. The summed E-state index contributed by atoms with van der Waals surface area (Å²) < 4.78 is 3.83. The van der Waals surface area contributed by atoms with E-state index in [1.165, 1.54) is 19.3 Å². The molecule has 1 aliphatic rings. The van der Waals surface area contributed by atoms with Crippen molar-refractivity contribution in [3.63, 3.8) is 0 Å². The fourth-order valence-corrected chi connectivity index (χ4v) is 3.99. The lowest BCUT2D eigenvalue weighted by molar-refractivity contribution is -0.138. The molecule has 0 aromatic carbocycles. The molecule has 0 saturated heterocycles. The number of amides is 1. The Kier molecular flexibility index (Phi) is 5.79. The van der Waals surface area contributed by atoms with Crippen molar-refractivity contribution in [3.05, 3.63) is 36.2 Å². The maximum absolute atomic E-state index is 13.5. The lowest BCUT2D eigenvalue weighted by atomic mass is 9.93. The number of hydrogen-bond acceptors (Lipinski definition) is 3. The number of aromatic nitrogens is 4. The first-order valence-electron chi connectivity index (χ1n) is 9.78. The number of nitrogens with zero attached hydrogens (tertiary/aromatic N) is 5. The zero-order valence-corrected chi connectivity index (χ0v) is 16.4. The molecule has 3 rings (SSSR count). The van der Waals surface area contributed by atoms with Crippen LogP contribution in [0.25, 0.3) is 0 Å². The fraction of sp³-hybridized carbons (Fsp3) is 0.650. The van der Waals surface area contributed by atoms with Crippen LogP contribution in [0.2, 0.25) is 0 Å². The van der Waals surface area contributed by atoms with Gasteiger partial charge in [0.05, 0.1) is 6.20 Å². The lowest BCUT2D eigenvalue weighted by Crippen LogP contribution is -2.44. The predicted octanol–water partition coefficient (Wildman–Crippen LogP) is 3.66. The van der Waals surface area contributed by atoms with E-state index in [4.69, 9.17) is 0 Å². The van der Waals surface area contributed by atoms with E-state index in [-0.39, 0.29) is 11.9 Å². The van der Waals surface area contributed by atoms with Crippen molar-refractivity contribution in [2.45, 2.75) is 77.4 Å². The van der Waals surface area contributed by atoms with Gasteiger partial charge in [0.2, 0.25) is 5.91 Å². The first kappa shape index (κ1) is 18.7. The van der Waals surface area contributed by atoms with Crippen LogP contribution in [0.3, 0.4) is 0 Å². The smallest absolute Gasteiger partial charge is 0.245 e. The van der Waals surface area contributed by atoms with Crippen LogP contribution in [0.4, 0.5) is 0 Å². The second-order valence-corrected chi connectivity index (χ2v) is 7.80. The third kappa shape index (κ3) is 4.00. The van der Waals surface area contributed by atoms with Gasteiger partial charge >= 0.3 is 0 Å². The van der Waals surface area contributed by atoms with Gasteiger partial charge in [-0.25, -0.2) is 4.98 Å². The van der Waals surface area contributed by atoms with E-state index < -0.39 is 0 Å². The van der Waals surface area contributed by atoms with Crippen molar-refractivity contribution < 1.29 is 4.79 Å². The summed E-state index contributed by atoms with van der Waals surface area (Å²) in [5.41, 5.74) is 1.09. The molecule has 2 aromatic heterocycles. The number of imidazole rings is 1. The second-order valence-electron chi connectivity index (χ2n) is 7.80. The maximum Gasteiger partial charge on any atom is 0.245 e. The number of rotatable bonds is 6. The average molecular weight is 358 g/mol. The van der Waals surface area contributed by atoms with E-state index in [0.717, 1.165) is 24.2 Å². The summed E-state index contributed by atoms with van der Waals surface area (Å²) in [6, 6.07) is 0.0819. The number of hydrogen-bond donors (Lipinski definition) is 0. The third-order valence-corrected chi connectivity index (χ3v) is 5.40. The van der Waals surface area contributed by atoms with Crippen LogP contribution in [0.5, 0.6) is 0 Å². The number of aryl methyl sites for hydroxylation is 1. The highest BCUT2D eigenvalue weighted by Gasteiger charge is 2.30. The first-order valence-corrected chi connectivity index (χ1v) is 9.78. The van der Waals surface area contributed by atoms with Crippen molar-refractivity contribution in [1.82, 2.24) is 24.2 Å². The minimum atomic E-state index is -0.242. The highest BCUT2D eigenvalue weighted by molar-refractivity contribution is 5.80. The van der Waals surface area contributed by atoms with E-state index in [0.29, 0.717) is 18.5 Å². The van der Waals surface area contributed by atoms with Gasteiger partial charge in [0, 0.05) is 49.7 Å². The van der Waals surface area contributed by atoms with Crippen LogP contribution in [0, 0.1) is 0 Å². The Morgan fingerprint density at radius 2 is 2.00 bits per heavy atom. The van der Waals surface area contributed by atoms with Gasteiger partial charge in [-0.3, -0.25) is 9.48 Å². The van der Waals surface area contributed by atoms with E-state index in [1.807, 2.05) is 37.1 Å². The molecule has 142 valence electrons. The van der Waals surface area contributed by atoms with Gasteiger partial charge in [-0.1, -0.05) is 33.1 Å². The van der Waals surface area contributed by atoms with E-state index >= 15 is 0 Å². The Morgan fingerprint density at radius 1 is 1.27 bits per heavy atom. The molecule has 0 N–H and O–H groups in total. The normalized spacial score (nSPS) is 16.8. The lowest BCUT2D eigenvalue weighted by Gasteiger charge is -2.36. The zero-order valence-electron chi connectivity index (χ0n) is 16.4. The molecule has 0 unspecified atom stereocenters. The van der Waals surface area contributed by atoms with Crippen LogP contribution in [-0.4, -0.2) is 36.2 Å². The van der Waals surface area contributed by atoms with Crippen molar-refractivity contribution in [1.29, 1.82) is 0 Å². The first-order chi connectivity index (χ1) is 12.5. The molecule has 2 heterocycles. The summed E-state index contributed by atoms with van der Waals surface area (Å²) in [4.78, 5) is 20.0. The summed E-state index contributed by atoms with van der Waals surface area (Å²) in [6.45, 7) is 6.86. The van der Waals surface area contributed by atoms with Crippen molar-refractivity contribution in [2.75, 3.05) is 0 Å². The fourth-order valence-electron chi connectivity index (χ4n) is 3.99. The van der Waals surface area contributed by atoms with Crippen molar-refractivity contribution in [3.8, 4) is 0 Å². The Morgan fingerprint density at radius 3 is 2.62 bits per heavy atom. The maximum atomic E-state index is 13.5. The molecule has 1 amide bonds. The molecule has 1 aliphatic carbocycles. The zero-order chi connectivity index (χ0) is 18.7. The number of carbonyl (C=O) groups excluding carboxylic acids is 1. The predicted molar refractivity (Wildman–Crippen MR) is 102 cm³/mol. The molecule has 1 atom stereocenters. The van der Waals surface area contributed by atoms with Gasteiger partial charge in [0.25, 0.3) is 0 Å². The van der Waals surface area contributed by atoms with E-state index in [1.54, 1.807) is 10.9 Å². The molecule has 6 heteroatoms. The number of carbonyl (C=O) groups is 1. The molecule has 0 radical (unpaired) electrons. The van der Waals surface area contributed by atoms with Gasteiger partial charge in [-0.15, -0.1) is 0 Å². The molecule has 0 aliphatic heterocycles. The molecule has 6 nitrogen and oxygen atoms in total. The summed E-state index contributed by atoms with van der Waals surface area (Å²) in [7, 11) is 1.92. The highest BCUT2D eigenvalue weighted by Crippen LogP contribution is 2.27. The van der Waals surface area contributed by atoms with E-state index in [2.05, 4.69) is 28.8 Å². The average Bonchev–Trinajstić information content (AvgIpc) is 3.28. The summed E-state index contributed by atoms with van der Waals surface area (Å²) in [5.74, 6) is 1.44. The van der Waals surface area contributed by atoms with Crippen molar-refractivity contribution in [2.24, 2.45) is 7.05 Å². The molecular weight excluding hydrogens is 326 g/mol. The SMILES string of the molecule is CC(C)c1nccn1[C@@H](C)C(=O)N(Cc1cnn(C)c1)C1CCCCC1. The van der Waals surface area contributed by atoms with Crippen LogP contribution in [0.1, 0.15) is 76.2 Å².